The van der Waals surface area contributed by atoms with Crippen LogP contribution in [0.1, 0.15) is 23.7 Å². The molecule has 1 aromatic carbocycles. The number of thioether (sulfide) groups is 1. The molecule has 0 radical (unpaired) electrons. The van der Waals surface area contributed by atoms with E-state index in [0.717, 1.165) is 35.6 Å². The van der Waals surface area contributed by atoms with E-state index in [9.17, 15) is 0 Å². The normalized spacial score (nSPS) is 12.7. The fourth-order valence-corrected chi connectivity index (χ4v) is 4.02. The zero-order chi connectivity index (χ0) is 18.8. The van der Waals surface area contributed by atoms with Gasteiger partial charge in [-0.05, 0) is 31.9 Å². The number of benzene rings is 1. The largest absolute Gasteiger partial charge is 0.496 e. The third-order valence-electron chi connectivity index (χ3n) is 3.60. The van der Waals surface area contributed by atoms with Crippen molar-refractivity contribution in [1.29, 1.82) is 0 Å². The van der Waals surface area contributed by atoms with Crippen LogP contribution in [0.3, 0.4) is 0 Å². The maximum atomic E-state index is 5.41. The van der Waals surface area contributed by atoms with Crippen molar-refractivity contribution in [2.24, 2.45) is 10.9 Å². The summed E-state index contributed by atoms with van der Waals surface area (Å²) in [6, 6.07) is 8.15. The van der Waals surface area contributed by atoms with Crippen molar-refractivity contribution in [1.82, 2.24) is 15.6 Å². The number of hydrogen-bond donors (Lipinski definition) is 2. The number of nitrogens with zero attached hydrogens (tertiary/aromatic N) is 2. The molecule has 0 bridgehead atoms. The first-order chi connectivity index (χ1) is 12.6. The number of aliphatic imine (C=N–C) groups is 1. The zero-order valence-corrected chi connectivity index (χ0v) is 17.5. The molecule has 5 nitrogen and oxygen atoms in total. The minimum Gasteiger partial charge on any atom is -0.496 e. The van der Waals surface area contributed by atoms with Gasteiger partial charge in [-0.3, -0.25) is 0 Å². The van der Waals surface area contributed by atoms with Gasteiger partial charge in [0.1, 0.15) is 10.8 Å². The minimum absolute atomic E-state index is 0.496. The highest BCUT2D eigenvalue weighted by Gasteiger charge is 2.08. The highest BCUT2D eigenvalue weighted by atomic mass is 32.2. The molecule has 7 heteroatoms. The van der Waals surface area contributed by atoms with Crippen LogP contribution in [0, 0.1) is 12.8 Å². The highest BCUT2D eigenvalue weighted by molar-refractivity contribution is 7.99. The summed E-state index contributed by atoms with van der Waals surface area (Å²) in [7, 11) is 1.72. The fourth-order valence-electron chi connectivity index (χ4n) is 2.26. The number of ether oxygens (including phenoxy) is 1. The van der Waals surface area contributed by atoms with Gasteiger partial charge in [0.15, 0.2) is 5.96 Å². The molecule has 1 aromatic heterocycles. The molecule has 2 aromatic rings. The summed E-state index contributed by atoms with van der Waals surface area (Å²) in [5, 5.41) is 7.77. The molecule has 1 atom stereocenters. The zero-order valence-electron chi connectivity index (χ0n) is 15.9. The molecule has 0 aliphatic rings. The van der Waals surface area contributed by atoms with Crippen LogP contribution in [0.4, 0.5) is 0 Å². The first kappa shape index (κ1) is 20.6. The van der Waals surface area contributed by atoms with Crippen LogP contribution >= 0.6 is 23.1 Å². The molecule has 1 heterocycles. The van der Waals surface area contributed by atoms with Crippen molar-refractivity contribution < 1.29 is 4.74 Å². The van der Waals surface area contributed by atoms with Crippen molar-refractivity contribution in [2.75, 3.05) is 26.0 Å². The summed E-state index contributed by atoms with van der Waals surface area (Å²) < 4.78 is 5.41. The number of hydrogen-bond acceptors (Lipinski definition) is 5. The SMILES string of the molecule is CCNC(=NCc1ncc(C)s1)NCC(C)CSc1ccccc1OC. The van der Waals surface area contributed by atoms with Gasteiger partial charge in [0, 0.05) is 34.8 Å². The van der Waals surface area contributed by atoms with Gasteiger partial charge >= 0.3 is 0 Å². The second-order valence-corrected chi connectivity index (χ2v) is 8.39. The lowest BCUT2D eigenvalue weighted by atomic mass is 10.2. The lowest BCUT2D eigenvalue weighted by Gasteiger charge is -2.16. The summed E-state index contributed by atoms with van der Waals surface area (Å²) in [5.41, 5.74) is 0. The number of methoxy groups -OCH3 is 1. The Balaban J connectivity index is 1.81. The van der Waals surface area contributed by atoms with Crippen LogP contribution in [-0.2, 0) is 6.54 Å². The van der Waals surface area contributed by atoms with Gasteiger partial charge in [0.25, 0.3) is 0 Å². The predicted octanol–water partition coefficient (Wildman–Crippen LogP) is 3.94. The van der Waals surface area contributed by atoms with Crippen LogP contribution in [0.2, 0.25) is 0 Å². The molecular formula is C19H28N4OS2. The topological polar surface area (TPSA) is 58.5 Å². The minimum atomic E-state index is 0.496. The number of aromatic nitrogens is 1. The van der Waals surface area contributed by atoms with Crippen LogP contribution < -0.4 is 15.4 Å². The fraction of sp³-hybridized carbons (Fsp3) is 0.474. The lowest BCUT2D eigenvalue weighted by molar-refractivity contribution is 0.405. The first-order valence-corrected chi connectivity index (χ1v) is 10.6. The molecule has 0 aliphatic carbocycles. The summed E-state index contributed by atoms with van der Waals surface area (Å²) in [6.07, 6.45) is 1.90. The summed E-state index contributed by atoms with van der Waals surface area (Å²) in [6.45, 7) is 8.69. The van der Waals surface area contributed by atoms with E-state index >= 15 is 0 Å². The summed E-state index contributed by atoms with van der Waals surface area (Å²) in [4.78, 5) is 11.4. The Hall–Kier alpha value is -1.73. The van der Waals surface area contributed by atoms with Gasteiger partial charge in [-0.25, -0.2) is 9.98 Å². The average Bonchev–Trinajstić information content (AvgIpc) is 3.07. The number of nitrogens with one attached hydrogen (secondary N) is 2. The van der Waals surface area contributed by atoms with Crippen molar-refractivity contribution >= 4 is 29.1 Å². The predicted molar refractivity (Wildman–Crippen MR) is 113 cm³/mol. The molecule has 26 heavy (non-hydrogen) atoms. The van der Waals surface area contributed by atoms with Gasteiger partial charge in [0.05, 0.1) is 13.7 Å². The van der Waals surface area contributed by atoms with Crippen LogP contribution in [-0.4, -0.2) is 36.9 Å². The number of aryl methyl sites for hydroxylation is 1. The van der Waals surface area contributed by atoms with Crippen LogP contribution in [0.15, 0.2) is 40.4 Å². The van der Waals surface area contributed by atoms with E-state index in [1.165, 1.54) is 9.77 Å². The number of guanidine groups is 1. The Labute approximate surface area is 164 Å². The third-order valence-corrected chi connectivity index (χ3v) is 5.88. The van der Waals surface area contributed by atoms with Crippen molar-refractivity contribution in [3.8, 4) is 5.75 Å². The Bertz CT molecular complexity index is 702. The van der Waals surface area contributed by atoms with E-state index in [1.54, 1.807) is 18.4 Å². The first-order valence-electron chi connectivity index (χ1n) is 8.81. The van der Waals surface area contributed by atoms with Crippen LogP contribution in [0.5, 0.6) is 5.75 Å². The molecule has 1 unspecified atom stereocenters. The summed E-state index contributed by atoms with van der Waals surface area (Å²) in [5.74, 6) is 3.29. The number of rotatable bonds is 9. The molecule has 0 amide bonds. The maximum absolute atomic E-state index is 5.41. The van der Waals surface area contributed by atoms with Crippen LogP contribution in [0.25, 0.3) is 0 Å². The van der Waals surface area contributed by atoms with Gasteiger partial charge in [0.2, 0.25) is 0 Å². The molecule has 0 saturated heterocycles. The highest BCUT2D eigenvalue weighted by Crippen LogP contribution is 2.29. The van der Waals surface area contributed by atoms with Gasteiger partial charge in [-0.1, -0.05) is 19.1 Å². The molecular weight excluding hydrogens is 364 g/mol. The second-order valence-electron chi connectivity index (χ2n) is 6.01. The number of thiazole rings is 1. The van der Waals surface area contributed by atoms with E-state index in [0.29, 0.717) is 12.5 Å². The van der Waals surface area contributed by atoms with E-state index in [4.69, 9.17) is 4.74 Å². The Kier molecular flexibility index (Phi) is 8.77. The molecule has 0 spiro atoms. The Morgan fingerprint density at radius 2 is 2.15 bits per heavy atom. The lowest BCUT2D eigenvalue weighted by Crippen LogP contribution is -2.39. The van der Waals surface area contributed by atoms with Gasteiger partial charge in [-0.15, -0.1) is 23.1 Å². The maximum Gasteiger partial charge on any atom is 0.191 e. The Morgan fingerprint density at radius 1 is 1.35 bits per heavy atom. The second kappa shape index (κ2) is 11.1. The molecule has 2 rings (SSSR count). The Morgan fingerprint density at radius 3 is 2.85 bits per heavy atom. The summed E-state index contributed by atoms with van der Waals surface area (Å²) >= 11 is 3.52. The van der Waals surface area contributed by atoms with Crippen molar-refractivity contribution in [3.05, 3.63) is 40.3 Å². The molecule has 0 saturated carbocycles. The average molecular weight is 393 g/mol. The standard InChI is InChI=1S/C19H28N4OS2/c1-5-20-19(23-12-18-21-11-15(3)26-18)22-10-14(2)13-25-17-9-7-6-8-16(17)24-4/h6-9,11,14H,5,10,12-13H2,1-4H3,(H2,20,22,23). The van der Waals surface area contributed by atoms with Crippen molar-refractivity contribution in [2.45, 2.75) is 32.2 Å². The van der Waals surface area contributed by atoms with Crippen molar-refractivity contribution in [3.63, 3.8) is 0 Å². The monoisotopic (exact) mass is 392 g/mol. The molecule has 2 N–H and O–H groups in total. The molecule has 142 valence electrons. The van der Waals surface area contributed by atoms with Gasteiger partial charge in [-0.2, -0.15) is 0 Å². The van der Waals surface area contributed by atoms with E-state index < -0.39 is 0 Å². The van der Waals surface area contributed by atoms with Gasteiger partial charge < -0.3 is 15.4 Å². The third kappa shape index (κ3) is 6.88. The van der Waals surface area contributed by atoms with E-state index in [-0.39, 0.29) is 0 Å². The van der Waals surface area contributed by atoms with E-state index in [1.807, 2.05) is 36.2 Å². The quantitative estimate of drug-likeness (QED) is 0.384. The molecule has 0 aliphatic heterocycles. The smallest absolute Gasteiger partial charge is 0.191 e. The molecule has 0 fully saturated rings. The van der Waals surface area contributed by atoms with E-state index in [2.05, 4.69) is 47.4 Å². The number of para-hydroxylation sites is 1.